The van der Waals surface area contributed by atoms with Crippen molar-refractivity contribution < 1.29 is 13.9 Å². The topological polar surface area (TPSA) is 75.6 Å². The lowest BCUT2D eigenvalue weighted by atomic mass is 9.72. The molecular formula is C26H26N2O3S. The number of thiophene rings is 1. The maximum absolute atomic E-state index is 11.8. The van der Waals surface area contributed by atoms with E-state index in [9.17, 15) is 10.1 Å². The molecule has 1 aliphatic carbocycles. The highest BCUT2D eigenvalue weighted by atomic mass is 32.1. The lowest BCUT2D eigenvalue weighted by Crippen LogP contribution is -2.26. The van der Waals surface area contributed by atoms with Gasteiger partial charge in [-0.25, -0.2) is 9.79 Å². The third kappa shape index (κ3) is 4.39. The molecule has 3 aromatic rings. The molecule has 1 aliphatic rings. The number of carbonyl (C=O) groups is 1. The van der Waals surface area contributed by atoms with Gasteiger partial charge in [-0.05, 0) is 60.4 Å². The number of hydrogen-bond donors (Lipinski definition) is 0. The van der Waals surface area contributed by atoms with Crippen molar-refractivity contribution in [3.05, 3.63) is 63.7 Å². The lowest BCUT2D eigenvalue weighted by molar-refractivity contribution is 0.0601. The standard InChI is InChI=1S/C26H26N2O3S/c1-26(2,3)18-8-10-20-21(14-27)24(32-23(20)13-18)28-15-19-9-11-22(31-19)16-6-5-7-17(12-16)25(29)30-4/h5-7,9,11-12,15,18H,8,10,13H2,1-4H3/t18-/m1/s1. The van der Waals surface area contributed by atoms with Crippen LogP contribution >= 0.6 is 11.3 Å². The predicted octanol–water partition coefficient (Wildman–Crippen LogP) is 6.57. The molecule has 2 heterocycles. The monoisotopic (exact) mass is 446 g/mol. The smallest absolute Gasteiger partial charge is 0.337 e. The second-order valence-corrected chi connectivity index (χ2v) is 10.2. The van der Waals surface area contributed by atoms with Gasteiger partial charge in [-0.3, -0.25) is 0 Å². The number of fused-ring (bicyclic) bond motifs is 1. The Labute approximate surface area is 192 Å². The minimum absolute atomic E-state index is 0.258. The summed E-state index contributed by atoms with van der Waals surface area (Å²) in [6.07, 6.45) is 4.72. The summed E-state index contributed by atoms with van der Waals surface area (Å²) in [4.78, 5) is 17.7. The molecule has 5 nitrogen and oxygen atoms in total. The molecule has 6 heteroatoms. The van der Waals surface area contributed by atoms with E-state index in [-0.39, 0.29) is 11.4 Å². The van der Waals surface area contributed by atoms with Gasteiger partial charge >= 0.3 is 5.97 Å². The van der Waals surface area contributed by atoms with Crippen molar-refractivity contribution >= 4 is 28.5 Å². The molecule has 0 unspecified atom stereocenters. The van der Waals surface area contributed by atoms with E-state index in [2.05, 4.69) is 31.8 Å². The first-order chi connectivity index (χ1) is 15.3. The molecule has 0 aliphatic heterocycles. The summed E-state index contributed by atoms with van der Waals surface area (Å²) < 4.78 is 10.7. The largest absolute Gasteiger partial charge is 0.465 e. The van der Waals surface area contributed by atoms with Gasteiger partial charge in [-0.2, -0.15) is 5.26 Å². The number of hydrogen-bond acceptors (Lipinski definition) is 6. The summed E-state index contributed by atoms with van der Waals surface area (Å²) in [6, 6.07) is 13.1. The van der Waals surface area contributed by atoms with Crippen molar-refractivity contribution in [2.24, 2.45) is 16.3 Å². The Morgan fingerprint density at radius 1 is 1.31 bits per heavy atom. The van der Waals surface area contributed by atoms with E-state index in [0.29, 0.717) is 28.6 Å². The van der Waals surface area contributed by atoms with Crippen molar-refractivity contribution in [2.75, 3.05) is 7.11 Å². The van der Waals surface area contributed by atoms with Gasteiger partial charge < -0.3 is 9.15 Å². The molecule has 0 spiro atoms. The van der Waals surface area contributed by atoms with Gasteiger partial charge in [0.2, 0.25) is 0 Å². The third-order valence-corrected chi connectivity index (χ3v) is 7.25. The summed E-state index contributed by atoms with van der Waals surface area (Å²) in [5.74, 6) is 1.45. The Hall–Kier alpha value is -3.17. The number of rotatable bonds is 4. The van der Waals surface area contributed by atoms with Crippen molar-refractivity contribution in [1.82, 2.24) is 0 Å². The van der Waals surface area contributed by atoms with E-state index in [0.717, 1.165) is 29.8 Å². The van der Waals surface area contributed by atoms with Gasteiger partial charge in [0.25, 0.3) is 0 Å². The number of nitrogens with zero attached hydrogens (tertiary/aromatic N) is 2. The molecule has 0 amide bonds. The Bertz CT molecular complexity index is 1220. The van der Waals surface area contributed by atoms with Gasteiger partial charge in [0.1, 0.15) is 22.6 Å². The number of benzene rings is 1. The number of furan rings is 1. The zero-order chi connectivity index (χ0) is 22.9. The van der Waals surface area contributed by atoms with Crippen LogP contribution in [0.25, 0.3) is 11.3 Å². The van der Waals surface area contributed by atoms with Crippen molar-refractivity contribution in [1.29, 1.82) is 5.26 Å². The van der Waals surface area contributed by atoms with Crippen molar-refractivity contribution in [3.8, 4) is 17.4 Å². The Morgan fingerprint density at radius 3 is 2.84 bits per heavy atom. The number of nitriles is 1. The van der Waals surface area contributed by atoms with E-state index in [1.807, 2.05) is 18.2 Å². The van der Waals surface area contributed by atoms with Crippen LogP contribution in [0.1, 0.15) is 59.3 Å². The third-order valence-electron chi connectivity index (χ3n) is 6.09. The summed E-state index contributed by atoms with van der Waals surface area (Å²) in [7, 11) is 1.36. The molecule has 0 fully saturated rings. The van der Waals surface area contributed by atoms with Crippen LogP contribution in [0.2, 0.25) is 0 Å². The molecule has 1 atom stereocenters. The number of esters is 1. The summed E-state index contributed by atoms with van der Waals surface area (Å²) >= 11 is 1.62. The van der Waals surface area contributed by atoms with Crippen LogP contribution in [-0.2, 0) is 17.6 Å². The molecule has 164 valence electrons. The van der Waals surface area contributed by atoms with Crippen LogP contribution in [0, 0.1) is 22.7 Å². The number of aliphatic imine (C=N–C) groups is 1. The van der Waals surface area contributed by atoms with Gasteiger partial charge in [-0.1, -0.05) is 32.9 Å². The van der Waals surface area contributed by atoms with E-state index < -0.39 is 0 Å². The second-order valence-electron chi connectivity index (χ2n) is 9.13. The van der Waals surface area contributed by atoms with Gasteiger partial charge in [0, 0.05) is 10.4 Å². The molecule has 2 aromatic heterocycles. The lowest BCUT2D eigenvalue weighted by Gasteiger charge is -2.33. The maximum Gasteiger partial charge on any atom is 0.337 e. The fourth-order valence-corrected chi connectivity index (χ4v) is 5.36. The zero-order valence-electron chi connectivity index (χ0n) is 18.8. The first-order valence-corrected chi connectivity index (χ1v) is 11.5. The first kappa shape index (κ1) is 22.0. The summed E-state index contributed by atoms with van der Waals surface area (Å²) in [6.45, 7) is 6.86. The second kappa shape index (κ2) is 8.76. The van der Waals surface area contributed by atoms with Crippen LogP contribution in [-0.4, -0.2) is 19.3 Å². The molecule has 0 saturated carbocycles. The zero-order valence-corrected chi connectivity index (χ0v) is 19.6. The van der Waals surface area contributed by atoms with E-state index >= 15 is 0 Å². The number of methoxy groups -OCH3 is 1. The molecule has 0 saturated heterocycles. The quantitative estimate of drug-likeness (QED) is 0.336. The Balaban J connectivity index is 1.57. The van der Waals surface area contributed by atoms with E-state index in [4.69, 9.17) is 9.15 Å². The maximum atomic E-state index is 11.8. The van der Waals surface area contributed by atoms with Gasteiger partial charge in [0.15, 0.2) is 0 Å². The number of ether oxygens (including phenoxy) is 1. The van der Waals surface area contributed by atoms with E-state index in [1.54, 1.807) is 35.8 Å². The average Bonchev–Trinajstić information content (AvgIpc) is 3.40. The van der Waals surface area contributed by atoms with Crippen LogP contribution in [0.15, 0.2) is 45.8 Å². The SMILES string of the molecule is COC(=O)c1cccc(-c2ccc(C=Nc3sc4c(c3C#N)CC[C@@H](C(C)(C)C)C4)o2)c1. The molecule has 0 bridgehead atoms. The van der Waals surface area contributed by atoms with Crippen LogP contribution in [0.4, 0.5) is 5.00 Å². The molecule has 0 N–H and O–H groups in total. The van der Waals surface area contributed by atoms with Crippen LogP contribution in [0.3, 0.4) is 0 Å². The van der Waals surface area contributed by atoms with Crippen molar-refractivity contribution in [3.63, 3.8) is 0 Å². The highest BCUT2D eigenvalue weighted by Crippen LogP contribution is 2.44. The fourth-order valence-electron chi connectivity index (χ4n) is 4.13. The highest BCUT2D eigenvalue weighted by Gasteiger charge is 2.32. The molecule has 1 aromatic carbocycles. The normalized spacial score (nSPS) is 16.0. The Morgan fingerprint density at radius 2 is 2.12 bits per heavy atom. The molecular weight excluding hydrogens is 420 g/mol. The average molecular weight is 447 g/mol. The van der Waals surface area contributed by atoms with Gasteiger partial charge in [0.05, 0.1) is 24.5 Å². The first-order valence-electron chi connectivity index (χ1n) is 10.7. The fraction of sp³-hybridized carbons (Fsp3) is 0.346. The molecule has 4 rings (SSSR count). The molecule has 0 radical (unpaired) electrons. The van der Waals surface area contributed by atoms with Crippen LogP contribution < -0.4 is 0 Å². The predicted molar refractivity (Wildman–Crippen MR) is 127 cm³/mol. The minimum Gasteiger partial charge on any atom is -0.465 e. The van der Waals surface area contributed by atoms with Gasteiger partial charge in [-0.15, -0.1) is 11.3 Å². The Kier molecular flexibility index (Phi) is 6.03. The number of carbonyl (C=O) groups excluding carboxylic acids is 1. The van der Waals surface area contributed by atoms with Crippen molar-refractivity contribution in [2.45, 2.75) is 40.0 Å². The highest BCUT2D eigenvalue weighted by molar-refractivity contribution is 7.16. The minimum atomic E-state index is -0.389. The molecule has 32 heavy (non-hydrogen) atoms. The summed E-state index contributed by atoms with van der Waals surface area (Å²) in [5.41, 5.74) is 3.38. The summed E-state index contributed by atoms with van der Waals surface area (Å²) in [5, 5.41) is 10.5. The van der Waals surface area contributed by atoms with E-state index in [1.165, 1.54) is 17.6 Å². The van der Waals surface area contributed by atoms with Crippen LogP contribution in [0.5, 0.6) is 0 Å².